The Kier molecular flexibility index (Phi) is 5.36. The van der Waals surface area contributed by atoms with Gasteiger partial charge in [-0.1, -0.05) is 11.3 Å². The summed E-state index contributed by atoms with van der Waals surface area (Å²) in [6.45, 7) is 3.42. The van der Waals surface area contributed by atoms with E-state index in [9.17, 15) is 19.7 Å². The molecule has 0 saturated carbocycles. The van der Waals surface area contributed by atoms with Gasteiger partial charge in [-0.25, -0.2) is 0 Å². The number of esters is 1. The molecule has 0 saturated heterocycles. The van der Waals surface area contributed by atoms with Crippen LogP contribution in [0, 0.1) is 17.0 Å². The molecule has 0 bridgehead atoms. The van der Waals surface area contributed by atoms with Crippen molar-refractivity contribution in [3.8, 4) is 0 Å². The van der Waals surface area contributed by atoms with Crippen LogP contribution in [0.2, 0.25) is 0 Å². The van der Waals surface area contributed by atoms with Gasteiger partial charge in [0.2, 0.25) is 0 Å². The van der Waals surface area contributed by atoms with Crippen LogP contribution in [0.5, 0.6) is 0 Å². The third kappa shape index (κ3) is 3.83. The van der Waals surface area contributed by atoms with Gasteiger partial charge in [0.15, 0.2) is 4.80 Å². The van der Waals surface area contributed by atoms with E-state index in [1.165, 1.54) is 21.4 Å². The number of aryl methyl sites for hydroxylation is 2. The van der Waals surface area contributed by atoms with E-state index in [4.69, 9.17) is 4.74 Å². The molecule has 0 radical (unpaired) electrons. The first-order valence-corrected chi connectivity index (χ1v) is 9.15. The van der Waals surface area contributed by atoms with Gasteiger partial charge in [-0.2, -0.15) is 10.1 Å². The SMILES string of the molecule is CCOC(=O)Cn1c(=NC(=O)c2cc(C)nn2C)sc2ccc([N+](=O)[O-])cc21. The Morgan fingerprint density at radius 2 is 2.11 bits per heavy atom. The number of carbonyl (C=O) groups excluding carboxylic acids is 2. The number of nitrogens with zero attached hydrogens (tertiary/aromatic N) is 5. The maximum atomic E-state index is 12.6. The summed E-state index contributed by atoms with van der Waals surface area (Å²) >= 11 is 1.16. The summed E-state index contributed by atoms with van der Waals surface area (Å²) in [6.07, 6.45) is 0. The van der Waals surface area contributed by atoms with Crippen molar-refractivity contribution >= 4 is 39.1 Å². The quantitative estimate of drug-likeness (QED) is 0.365. The van der Waals surface area contributed by atoms with Crippen LogP contribution in [0.4, 0.5) is 5.69 Å². The molecule has 0 aliphatic carbocycles. The van der Waals surface area contributed by atoms with Gasteiger partial charge in [-0.15, -0.1) is 0 Å². The standard InChI is InChI=1S/C17H17N5O5S/c1-4-27-15(23)9-21-12-8-11(22(25)26)5-6-14(12)28-17(21)18-16(24)13-7-10(2)19-20(13)3/h5-8H,4,9H2,1-3H3. The fourth-order valence-electron chi connectivity index (χ4n) is 2.70. The number of fused-ring (bicyclic) bond motifs is 1. The lowest BCUT2D eigenvalue weighted by molar-refractivity contribution is -0.384. The second kappa shape index (κ2) is 7.72. The lowest BCUT2D eigenvalue weighted by atomic mass is 10.3. The second-order valence-corrected chi connectivity index (χ2v) is 6.91. The molecule has 1 aromatic carbocycles. The molecular formula is C17H17N5O5S. The summed E-state index contributed by atoms with van der Waals surface area (Å²) in [5.41, 5.74) is 1.28. The van der Waals surface area contributed by atoms with E-state index in [-0.39, 0.29) is 23.6 Å². The van der Waals surface area contributed by atoms with Crippen LogP contribution in [0.3, 0.4) is 0 Å². The van der Waals surface area contributed by atoms with Gasteiger partial charge >= 0.3 is 5.97 Å². The number of hydrogen-bond donors (Lipinski definition) is 0. The molecule has 0 fully saturated rings. The van der Waals surface area contributed by atoms with Gasteiger partial charge in [-0.3, -0.25) is 24.4 Å². The van der Waals surface area contributed by atoms with Gasteiger partial charge in [0.1, 0.15) is 12.2 Å². The Morgan fingerprint density at radius 3 is 2.71 bits per heavy atom. The van der Waals surface area contributed by atoms with E-state index in [1.54, 1.807) is 33.0 Å². The number of thiazole rings is 1. The predicted molar refractivity (Wildman–Crippen MR) is 101 cm³/mol. The smallest absolute Gasteiger partial charge is 0.326 e. The van der Waals surface area contributed by atoms with Crippen LogP contribution >= 0.6 is 11.3 Å². The Bertz CT molecular complexity index is 1160. The zero-order chi connectivity index (χ0) is 20.4. The molecule has 11 heteroatoms. The number of non-ortho nitro benzene ring substituents is 1. The van der Waals surface area contributed by atoms with Gasteiger partial charge < -0.3 is 9.30 Å². The van der Waals surface area contributed by atoms with Crippen molar-refractivity contribution in [2.75, 3.05) is 6.61 Å². The number of aromatic nitrogens is 3. The molecule has 0 spiro atoms. The molecule has 3 aromatic rings. The minimum atomic E-state index is -0.529. The minimum Gasteiger partial charge on any atom is -0.465 e. The highest BCUT2D eigenvalue weighted by atomic mass is 32.1. The zero-order valence-corrected chi connectivity index (χ0v) is 16.2. The molecule has 0 atom stereocenters. The molecule has 2 heterocycles. The first-order valence-electron chi connectivity index (χ1n) is 8.33. The van der Waals surface area contributed by atoms with Crippen LogP contribution < -0.4 is 4.80 Å². The Morgan fingerprint density at radius 1 is 1.36 bits per heavy atom. The van der Waals surface area contributed by atoms with Gasteiger partial charge in [0.05, 0.1) is 27.4 Å². The van der Waals surface area contributed by atoms with Crippen LogP contribution in [0.15, 0.2) is 29.3 Å². The van der Waals surface area contributed by atoms with Crippen LogP contribution in [-0.2, 0) is 23.1 Å². The first kappa shape index (κ1) is 19.4. The third-order valence-corrected chi connectivity index (χ3v) is 4.95. The predicted octanol–water partition coefficient (Wildman–Crippen LogP) is 1.96. The lowest BCUT2D eigenvalue weighted by Crippen LogP contribution is -2.23. The zero-order valence-electron chi connectivity index (χ0n) is 15.4. The summed E-state index contributed by atoms with van der Waals surface area (Å²) in [6, 6.07) is 5.89. The maximum absolute atomic E-state index is 12.6. The van der Waals surface area contributed by atoms with Crippen molar-refractivity contribution in [2.45, 2.75) is 20.4 Å². The van der Waals surface area contributed by atoms with Crippen molar-refractivity contribution in [1.29, 1.82) is 0 Å². The number of carbonyl (C=O) groups is 2. The van der Waals surface area contributed by atoms with Crippen molar-refractivity contribution in [2.24, 2.45) is 12.0 Å². The molecule has 2 aromatic heterocycles. The average molecular weight is 403 g/mol. The van der Waals surface area contributed by atoms with Crippen LogP contribution in [0.1, 0.15) is 23.1 Å². The molecule has 3 rings (SSSR count). The number of rotatable bonds is 5. The summed E-state index contributed by atoms with van der Waals surface area (Å²) in [4.78, 5) is 39.6. The van der Waals surface area contributed by atoms with Crippen molar-refractivity contribution in [3.63, 3.8) is 0 Å². The molecule has 0 aliphatic rings. The lowest BCUT2D eigenvalue weighted by Gasteiger charge is -2.05. The van der Waals surface area contributed by atoms with Crippen LogP contribution in [0.25, 0.3) is 10.2 Å². The highest BCUT2D eigenvalue weighted by molar-refractivity contribution is 7.16. The summed E-state index contributed by atoms with van der Waals surface area (Å²) in [7, 11) is 1.64. The monoisotopic (exact) mass is 403 g/mol. The molecule has 146 valence electrons. The summed E-state index contributed by atoms with van der Waals surface area (Å²) in [5, 5.41) is 15.2. The molecule has 0 aliphatic heterocycles. The van der Waals surface area contributed by atoms with E-state index < -0.39 is 16.8 Å². The van der Waals surface area contributed by atoms with Gasteiger partial charge in [0, 0.05) is 19.2 Å². The molecular weight excluding hydrogens is 386 g/mol. The highest BCUT2D eigenvalue weighted by Gasteiger charge is 2.17. The summed E-state index contributed by atoms with van der Waals surface area (Å²) < 4.78 is 8.51. The minimum absolute atomic E-state index is 0.122. The Hall–Kier alpha value is -3.34. The molecule has 28 heavy (non-hydrogen) atoms. The van der Waals surface area contributed by atoms with Gasteiger partial charge in [0.25, 0.3) is 11.6 Å². The van der Waals surface area contributed by atoms with Crippen molar-refractivity contribution in [3.05, 3.63) is 50.6 Å². The second-order valence-electron chi connectivity index (χ2n) is 5.90. The van der Waals surface area contributed by atoms with Crippen molar-refractivity contribution < 1.29 is 19.2 Å². The average Bonchev–Trinajstić information content (AvgIpc) is 3.14. The Balaban J connectivity index is 2.17. The van der Waals surface area contributed by atoms with Crippen LogP contribution in [-0.4, -0.2) is 37.8 Å². The number of ether oxygens (including phenoxy) is 1. The van der Waals surface area contributed by atoms with E-state index in [1.807, 2.05) is 0 Å². The van der Waals surface area contributed by atoms with Gasteiger partial charge in [-0.05, 0) is 26.0 Å². The van der Waals surface area contributed by atoms with E-state index >= 15 is 0 Å². The number of amides is 1. The van der Waals surface area contributed by atoms with E-state index in [0.29, 0.717) is 21.6 Å². The third-order valence-electron chi connectivity index (χ3n) is 3.89. The molecule has 0 N–H and O–H groups in total. The van der Waals surface area contributed by atoms with E-state index in [2.05, 4.69) is 10.1 Å². The summed E-state index contributed by atoms with van der Waals surface area (Å²) in [5.74, 6) is -1.05. The number of benzene rings is 1. The normalized spacial score (nSPS) is 11.8. The first-order chi connectivity index (χ1) is 13.3. The highest BCUT2D eigenvalue weighted by Crippen LogP contribution is 2.23. The maximum Gasteiger partial charge on any atom is 0.326 e. The van der Waals surface area contributed by atoms with Crippen molar-refractivity contribution in [1.82, 2.24) is 14.3 Å². The molecule has 0 unspecified atom stereocenters. The molecule has 1 amide bonds. The largest absolute Gasteiger partial charge is 0.465 e. The van der Waals surface area contributed by atoms with E-state index in [0.717, 1.165) is 11.3 Å². The number of nitro benzene ring substituents is 1. The fraction of sp³-hybridized carbons (Fsp3) is 0.294. The Labute approximate surface area is 162 Å². The number of hydrogen-bond acceptors (Lipinski definition) is 7. The molecule has 10 nitrogen and oxygen atoms in total. The number of nitro groups is 1. The fourth-order valence-corrected chi connectivity index (χ4v) is 3.71. The topological polar surface area (TPSA) is 122 Å².